The van der Waals surface area contributed by atoms with E-state index in [1.807, 2.05) is 6.07 Å². The number of ether oxygens (including phenoxy) is 1. The first-order chi connectivity index (χ1) is 55.8. The van der Waals surface area contributed by atoms with E-state index in [0.29, 0.717) is 60.8 Å². The third kappa shape index (κ3) is 51.6. The molecule has 0 spiro atoms. The quantitative estimate of drug-likeness (QED) is 0.0253. The van der Waals surface area contributed by atoms with E-state index in [-0.39, 0.29) is 35.2 Å². The first-order valence-corrected chi connectivity index (χ1v) is 49.4. The Kier molecular flexibility index (Phi) is 49.3. The number of benzene rings is 6. The molecule has 120 heavy (non-hydrogen) atoms. The third-order valence-electron chi connectivity index (χ3n) is 12.8. The van der Waals surface area contributed by atoms with Crippen molar-refractivity contribution >= 4 is 123 Å². The van der Waals surface area contributed by atoms with Gasteiger partial charge in [0.1, 0.15) is 40.6 Å². The summed E-state index contributed by atoms with van der Waals surface area (Å²) in [5.74, 6) is 1.70. The molecule has 0 saturated heterocycles. The predicted molar refractivity (Wildman–Crippen MR) is 453 cm³/mol. The molecule has 0 saturated carbocycles. The number of nitrogens with zero attached hydrogens (tertiary/aromatic N) is 1. The van der Waals surface area contributed by atoms with Crippen LogP contribution in [0.25, 0.3) is 12.2 Å². The zero-order valence-corrected chi connectivity index (χ0v) is 73.9. The highest BCUT2D eigenvalue weighted by molar-refractivity contribution is 7.92. The number of allylic oxidation sites excluding steroid dienone is 2. The minimum Gasteiger partial charge on any atom is -0.497 e. The van der Waals surface area contributed by atoms with Gasteiger partial charge in [0.15, 0.2) is 0 Å². The van der Waals surface area contributed by atoms with Gasteiger partial charge in [-0.05, 0) is 123 Å². The second kappa shape index (κ2) is 53.7. The van der Waals surface area contributed by atoms with Crippen molar-refractivity contribution in [3.8, 4) is 34.8 Å². The Hall–Kier alpha value is -9.88. The number of para-hydroxylation sites is 4. The van der Waals surface area contributed by atoms with Gasteiger partial charge in [-0.15, -0.1) is 6.58 Å². The number of hydrogen-bond acceptors (Lipinski definition) is 35. The minimum atomic E-state index is -4.20. The van der Waals surface area contributed by atoms with Crippen molar-refractivity contribution in [2.45, 2.75) is 40.2 Å². The van der Waals surface area contributed by atoms with Gasteiger partial charge in [0, 0.05) is 5.41 Å². The first-order valence-electron chi connectivity index (χ1n) is 33.2. The van der Waals surface area contributed by atoms with Crippen molar-refractivity contribution in [2.24, 2.45) is 5.41 Å². The van der Waals surface area contributed by atoms with Crippen LogP contribution in [0.5, 0.6) is 28.7 Å². The Balaban J connectivity index is 0.00000140. The Bertz CT molecular complexity index is 5630. The Morgan fingerprint density at radius 1 is 0.400 bits per heavy atom. The van der Waals surface area contributed by atoms with Crippen LogP contribution in [-0.4, -0.2) is 151 Å². The second-order valence-electron chi connectivity index (χ2n) is 22.1. The van der Waals surface area contributed by atoms with Crippen LogP contribution in [-0.2, 0) is 141 Å². The van der Waals surface area contributed by atoms with Gasteiger partial charge in [0.05, 0.1) is 112 Å². The van der Waals surface area contributed by atoms with Crippen LogP contribution in [0.4, 0.5) is 0 Å². The Morgan fingerprint density at radius 3 is 1.02 bits per heavy atom. The first kappa shape index (κ1) is 110. The SMILES string of the molecule is C/C=C/S(=O)(=O)OCC.C=C(C)S(=O)(=O)Oc1ccccc1.C=CCS(=O)(=O)Oc1ccccc1.C=CS(=O)(=O)OCC(CC)(COS(=O)(=O)C=C)COS(=O)(=O)C=C.C=CS(=O)(=O)OCC(COS(=O)(=O)C=C)OS(=O)(=O)C=C.COc1ccc(/C=C/S(=O)(=O)Oc2ccccc2)cc1.N#Cc1ccc(/C=C/S(=O)(=O)Oc2ccccc2)cc1. The standard InChI is InChI=1S/C15H11NO3S.C15H14O4S.C12H20O9S3.C9H14O9S3.2C9H10O3S.C5H10O3S/c16-12-14-8-6-13(7-9-14)10-11-20(17,18)19-15-4-2-1-3-5-15;1-18-14-9-7-13(8-10-14)11-12-20(16,17)19-15-5-3-2-4-6-15;1-5-12(9-19-22(13,14)6-2,10-20-23(15,16)7-3)11-21-24(17,18)8-4;1-4-19(10,11)16-7-9(18-21(14,15)6-3)8-17-20(12,13)5-2;1-8(2)13(10,11)12-9-6-4-3-5-7-9;1-2-8-13(10,11)12-9-6-4-3-5-7-9;1-3-5-9(6,7)8-4-2/h1-11H;2-12H,1H3;6-8H,2-5,9-11H2,1H3;4-6,9H,1-3,7-8H2;3-7H,1H2,2H3;2-7H,1,8H2;3,5H,4H2,1-2H3/b11-10+;12-11+;;;;;5-3+. The van der Waals surface area contributed by atoms with Crippen LogP contribution in [0.15, 0.2) is 288 Å². The molecule has 0 heterocycles. The summed E-state index contributed by atoms with van der Waals surface area (Å²) in [6, 6.07) is 48.9. The van der Waals surface area contributed by atoms with Crippen LogP contribution >= 0.6 is 0 Å². The van der Waals surface area contributed by atoms with Crippen molar-refractivity contribution in [3.63, 3.8) is 0 Å². The molecule has 0 aliphatic rings. The maximum absolute atomic E-state index is 11.8. The molecule has 0 atom stereocenters. The van der Waals surface area contributed by atoms with Crippen molar-refractivity contribution in [1.82, 2.24) is 0 Å². The molecule has 0 unspecified atom stereocenters. The molecule has 0 aliphatic carbocycles. The highest BCUT2D eigenvalue weighted by atomic mass is 32.3. The minimum absolute atomic E-state index is 0.00338. The molecule has 0 N–H and O–H groups in total. The monoisotopic (exact) mass is 1890 g/mol. The molecule has 6 rings (SSSR count). The third-order valence-corrected chi connectivity index (χ3v) is 23.4. The molecule has 0 aromatic heterocycles. The van der Waals surface area contributed by atoms with E-state index in [1.165, 1.54) is 31.2 Å². The van der Waals surface area contributed by atoms with Gasteiger partial charge in [-0.1, -0.05) is 162 Å². The molecule has 0 amide bonds. The molecule has 0 radical (unpaired) electrons. The van der Waals surface area contributed by atoms with E-state index < -0.39 is 156 Å². The lowest BCUT2D eigenvalue weighted by atomic mass is 9.88. The number of rotatable bonds is 43. The van der Waals surface area contributed by atoms with Gasteiger partial charge >= 0.3 is 40.5 Å². The van der Waals surface area contributed by atoms with Gasteiger partial charge in [-0.2, -0.15) is 97.9 Å². The largest absolute Gasteiger partial charge is 0.497 e. The fraction of sp³-hybridized carbons (Fsp3) is 0.203. The van der Waals surface area contributed by atoms with E-state index in [9.17, 15) is 92.6 Å². The molecule has 46 heteroatoms. The molecule has 660 valence electrons. The molecule has 6 aromatic carbocycles. The highest BCUT2D eigenvalue weighted by Crippen LogP contribution is 2.28. The van der Waals surface area contributed by atoms with E-state index in [4.69, 9.17) is 26.7 Å². The topological polar surface area (TPSA) is 510 Å². The van der Waals surface area contributed by atoms with Crippen LogP contribution in [0, 0.1) is 16.7 Å². The van der Waals surface area contributed by atoms with E-state index in [0.717, 1.165) is 21.8 Å². The Morgan fingerprint density at radius 2 is 0.725 bits per heavy atom. The van der Waals surface area contributed by atoms with E-state index in [1.54, 1.807) is 198 Å². The van der Waals surface area contributed by atoms with Gasteiger partial charge in [0.2, 0.25) is 0 Å². The fourth-order valence-corrected chi connectivity index (χ4v) is 13.3. The van der Waals surface area contributed by atoms with Crippen LogP contribution in [0.1, 0.15) is 50.8 Å². The summed E-state index contributed by atoms with van der Waals surface area (Å²) in [6.07, 6.45) is 4.14. The molecule has 35 nitrogen and oxygen atoms in total. The highest BCUT2D eigenvalue weighted by Gasteiger charge is 2.35. The maximum atomic E-state index is 11.8. The molecule has 0 bridgehead atoms. The molecular formula is C74H89NO34S11. The van der Waals surface area contributed by atoms with Gasteiger partial charge in [0.25, 0.3) is 70.8 Å². The fourth-order valence-electron chi connectivity index (χ4n) is 6.80. The summed E-state index contributed by atoms with van der Waals surface area (Å²) < 4.78 is 304. The summed E-state index contributed by atoms with van der Waals surface area (Å²) in [4.78, 5) is -0.00338. The zero-order valence-electron chi connectivity index (χ0n) is 64.9. The lowest BCUT2D eigenvalue weighted by Gasteiger charge is -2.30. The number of hydrogen-bond donors (Lipinski definition) is 0. The maximum Gasteiger partial charge on any atom is 0.334 e. The summed E-state index contributed by atoms with van der Waals surface area (Å²) >= 11 is 0. The average molecular weight is 1890 g/mol. The molecule has 6 aromatic rings. The van der Waals surface area contributed by atoms with Gasteiger partial charge in [-0.3, -0.25) is 29.3 Å². The predicted octanol–water partition coefficient (Wildman–Crippen LogP) is 11.1. The molecule has 0 aliphatic heterocycles. The Labute approximate surface area is 704 Å². The summed E-state index contributed by atoms with van der Waals surface area (Å²) in [7, 11) is -41.1. The molecule has 0 fully saturated rings. The number of methoxy groups -OCH3 is 1. The lowest BCUT2D eigenvalue weighted by Crippen LogP contribution is -2.38. The van der Waals surface area contributed by atoms with Crippen LogP contribution < -0.4 is 21.5 Å². The van der Waals surface area contributed by atoms with Gasteiger partial charge in [-0.25, -0.2) is 0 Å². The zero-order chi connectivity index (χ0) is 91.6. The van der Waals surface area contributed by atoms with E-state index in [2.05, 4.69) is 81.9 Å². The molecular weight excluding hydrogens is 1800 g/mol. The van der Waals surface area contributed by atoms with Crippen LogP contribution in [0.3, 0.4) is 0 Å². The smallest absolute Gasteiger partial charge is 0.334 e. The van der Waals surface area contributed by atoms with Crippen molar-refractivity contribution < 1.29 is 143 Å². The van der Waals surface area contributed by atoms with Crippen molar-refractivity contribution in [2.75, 3.05) is 52.5 Å². The summed E-state index contributed by atoms with van der Waals surface area (Å²) in [6.45, 7) is 27.7. The second-order valence-corrected chi connectivity index (χ2v) is 39.1. The lowest BCUT2D eigenvalue weighted by molar-refractivity contribution is 0.0382. The average Bonchev–Trinajstić information content (AvgIpc) is 0.857. The summed E-state index contributed by atoms with van der Waals surface area (Å²) in [5.41, 5.74) is 0.545. The van der Waals surface area contributed by atoms with E-state index >= 15 is 0 Å². The normalized spacial score (nSPS) is 12.0. The van der Waals surface area contributed by atoms with Crippen molar-refractivity contribution in [3.05, 3.63) is 305 Å². The number of nitriles is 1. The van der Waals surface area contributed by atoms with Crippen molar-refractivity contribution in [1.29, 1.82) is 5.26 Å². The van der Waals surface area contributed by atoms with Crippen LogP contribution in [0.2, 0.25) is 0 Å². The van der Waals surface area contributed by atoms with Gasteiger partial charge < -0.3 is 21.5 Å². The summed E-state index contributed by atoms with van der Waals surface area (Å²) in [5, 5.41) is 14.8.